The maximum absolute atomic E-state index is 13.7. The van der Waals surface area contributed by atoms with Crippen molar-refractivity contribution in [3.63, 3.8) is 0 Å². The zero-order chi connectivity index (χ0) is 30.9. The number of nitrogens with one attached hydrogen (secondary N) is 2. The molecule has 0 saturated heterocycles. The number of rotatable bonds is 8. The van der Waals surface area contributed by atoms with E-state index in [0.29, 0.717) is 38.5 Å². The van der Waals surface area contributed by atoms with E-state index in [1.54, 1.807) is 55.5 Å². The molecular formula is C30H27ClN6O5S. The number of sulfonamides is 1. The molecule has 1 unspecified atom stereocenters. The van der Waals surface area contributed by atoms with Crippen molar-refractivity contribution in [1.82, 2.24) is 19.9 Å². The lowest BCUT2D eigenvalue weighted by Crippen LogP contribution is -2.33. The van der Waals surface area contributed by atoms with Gasteiger partial charge in [0.05, 0.1) is 47.4 Å². The first kappa shape index (κ1) is 29.5. The largest absolute Gasteiger partial charge is 0.495 e. The Bertz CT molecular complexity index is 2030. The van der Waals surface area contributed by atoms with Crippen molar-refractivity contribution < 1.29 is 17.9 Å². The van der Waals surface area contributed by atoms with Crippen molar-refractivity contribution in [2.75, 3.05) is 23.8 Å². The Balaban J connectivity index is 1.53. The first-order valence-electron chi connectivity index (χ1n) is 13.0. The number of hydrogen-bond donors (Lipinski definition) is 3. The fourth-order valence-corrected chi connectivity index (χ4v) is 5.51. The number of nitrogens with zero attached hydrogens (tertiary/aromatic N) is 3. The van der Waals surface area contributed by atoms with Gasteiger partial charge in [0.15, 0.2) is 11.5 Å². The Kier molecular flexibility index (Phi) is 8.07. The summed E-state index contributed by atoms with van der Waals surface area (Å²) in [5.74, 6) is -0.437. The zero-order valence-electron chi connectivity index (χ0n) is 23.3. The van der Waals surface area contributed by atoms with Crippen molar-refractivity contribution in [2.24, 2.45) is 0 Å². The molecule has 0 aliphatic carbocycles. The van der Waals surface area contributed by atoms with Crippen molar-refractivity contribution in [3.8, 4) is 22.7 Å². The lowest BCUT2D eigenvalue weighted by atomic mass is 10.1. The number of para-hydroxylation sites is 1. The predicted molar refractivity (Wildman–Crippen MR) is 167 cm³/mol. The Morgan fingerprint density at radius 2 is 1.81 bits per heavy atom. The number of fused-ring (bicyclic) bond motifs is 1. The van der Waals surface area contributed by atoms with Crippen LogP contribution in [-0.2, 0) is 10.0 Å². The normalized spacial score (nSPS) is 12.1. The van der Waals surface area contributed by atoms with E-state index in [9.17, 15) is 18.0 Å². The van der Waals surface area contributed by atoms with E-state index in [2.05, 4.69) is 20.0 Å². The zero-order valence-corrected chi connectivity index (χ0v) is 24.9. The van der Waals surface area contributed by atoms with Gasteiger partial charge in [0.2, 0.25) is 10.0 Å². The number of hydrogen-bond acceptors (Lipinski definition) is 8. The van der Waals surface area contributed by atoms with Crippen LogP contribution in [0.15, 0.2) is 83.8 Å². The number of aromatic nitrogens is 3. The molecule has 5 rings (SSSR count). The van der Waals surface area contributed by atoms with Crippen LogP contribution in [0.25, 0.3) is 27.7 Å². The number of nitrogen functional groups attached to an aromatic ring is 1. The van der Waals surface area contributed by atoms with Crippen molar-refractivity contribution in [3.05, 3.63) is 106 Å². The third-order valence-corrected chi connectivity index (χ3v) is 7.54. The average molecular weight is 619 g/mol. The smallest absolute Gasteiger partial charge is 0.274 e. The number of methoxy groups -OCH3 is 1. The van der Waals surface area contributed by atoms with E-state index in [1.165, 1.54) is 23.9 Å². The van der Waals surface area contributed by atoms with Crippen molar-refractivity contribution >= 4 is 49.8 Å². The number of ether oxygens (including phenoxy) is 1. The highest BCUT2D eigenvalue weighted by Crippen LogP contribution is 2.31. The van der Waals surface area contributed by atoms with Crippen molar-refractivity contribution in [1.29, 1.82) is 0 Å². The lowest BCUT2D eigenvalue weighted by Gasteiger charge is -2.21. The third kappa shape index (κ3) is 6.15. The lowest BCUT2D eigenvalue weighted by molar-refractivity contribution is 0.0934. The Hall–Kier alpha value is -4.94. The quantitative estimate of drug-likeness (QED) is 0.228. The van der Waals surface area contributed by atoms with Gasteiger partial charge < -0.3 is 15.8 Å². The maximum atomic E-state index is 13.7. The number of amides is 1. The minimum Gasteiger partial charge on any atom is -0.495 e. The molecule has 3 aromatic carbocycles. The minimum atomic E-state index is -3.60. The molecule has 1 amide bonds. The van der Waals surface area contributed by atoms with Gasteiger partial charge in [-0.1, -0.05) is 41.9 Å². The van der Waals surface area contributed by atoms with E-state index in [1.807, 2.05) is 18.2 Å². The summed E-state index contributed by atoms with van der Waals surface area (Å²) < 4.78 is 32.9. The highest BCUT2D eigenvalue weighted by atomic mass is 35.5. The summed E-state index contributed by atoms with van der Waals surface area (Å²) in [7, 11) is -2.19. The molecule has 0 saturated carbocycles. The summed E-state index contributed by atoms with van der Waals surface area (Å²) in [6.45, 7) is 1.74. The second-order valence-electron chi connectivity index (χ2n) is 9.72. The summed E-state index contributed by atoms with van der Waals surface area (Å²) >= 11 is 6.41. The van der Waals surface area contributed by atoms with Gasteiger partial charge in [-0.3, -0.25) is 18.9 Å². The van der Waals surface area contributed by atoms with Crippen LogP contribution in [0.2, 0.25) is 5.02 Å². The molecular weight excluding hydrogens is 592 g/mol. The SMILES string of the molecule is COc1ccc(-c2cnc(N)c(C(=O)NC(C)c3cc4cccc(Cl)c4c(=O)n3-c3ccccc3)n2)cc1NS(C)(=O)=O. The molecule has 2 heterocycles. The fourth-order valence-electron chi connectivity index (χ4n) is 4.69. The van der Waals surface area contributed by atoms with E-state index >= 15 is 0 Å². The topological polar surface area (TPSA) is 158 Å². The first-order chi connectivity index (χ1) is 20.5. The average Bonchev–Trinajstić information content (AvgIpc) is 2.96. The van der Waals surface area contributed by atoms with Crippen LogP contribution >= 0.6 is 11.6 Å². The summed E-state index contributed by atoms with van der Waals surface area (Å²) in [6, 6.07) is 20.1. The molecule has 0 fully saturated rings. The van der Waals surface area contributed by atoms with Crippen LogP contribution in [0.4, 0.5) is 11.5 Å². The standard InChI is InChI=1S/C30H27ClN6O5S/c1-17(24-15-19-8-7-11-21(31)26(19)30(39)37(24)20-9-5-4-6-10-20)34-29(38)27-28(32)33-16-23(35-27)18-12-13-25(42-2)22(14-18)36-43(3,40)41/h4-17,36H,1-3H3,(H2,32,33)(H,34,38). The molecule has 0 bridgehead atoms. The molecule has 0 aliphatic heterocycles. The van der Waals surface area contributed by atoms with Crippen LogP contribution in [0.5, 0.6) is 5.75 Å². The fraction of sp³-hybridized carbons (Fsp3) is 0.133. The molecule has 5 aromatic rings. The number of anilines is 2. The Labute approximate surface area is 252 Å². The number of halogens is 1. The molecule has 2 aromatic heterocycles. The Morgan fingerprint density at radius 1 is 1.07 bits per heavy atom. The van der Waals surface area contributed by atoms with Gasteiger partial charge in [0.25, 0.3) is 11.5 Å². The van der Waals surface area contributed by atoms with Crippen LogP contribution in [0.3, 0.4) is 0 Å². The Morgan fingerprint density at radius 3 is 2.51 bits per heavy atom. The summed E-state index contributed by atoms with van der Waals surface area (Å²) in [5, 5.41) is 4.19. The highest BCUT2D eigenvalue weighted by molar-refractivity contribution is 7.92. The van der Waals surface area contributed by atoms with Gasteiger partial charge in [-0.2, -0.15) is 0 Å². The minimum absolute atomic E-state index is 0.109. The molecule has 43 heavy (non-hydrogen) atoms. The van der Waals surface area contributed by atoms with E-state index in [-0.39, 0.29) is 28.5 Å². The number of benzene rings is 3. The van der Waals surface area contributed by atoms with E-state index in [0.717, 1.165) is 6.26 Å². The number of carbonyl (C=O) groups excluding carboxylic acids is 1. The third-order valence-electron chi connectivity index (χ3n) is 6.64. The van der Waals surface area contributed by atoms with Gasteiger partial charge in [-0.05, 0) is 54.8 Å². The number of carbonyl (C=O) groups is 1. The number of nitrogens with two attached hydrogens (primary N) is 1. The maximum Gasteiger partial charge on any atom is 0.274 e. The van der Waals surface area contributed by atoms with Gasteiger partial charge in [0.1, 0.15) is 5.75 Å². The highest BCUT2D eigenvalue weighted by Gasteiger charge is 2.22. The second-order valence-corrected chi connectivity index (χ2v) is 11.9. The van der Waals surface area contributed by atoms with Crippen LogP contribution in [0.1, 0.15) is 29.1 Å². The monoisotopic (exact) mass is 618 g/mol. The molecule has 0 radical (unpaired) electrons. The van der Waals surface area contributed by atoms with Gasteiger partial charge in [-0.15, -0.1) is 0 Å². The van der Waals surface area contributed by atoms with Crippen LogP contribution in [0, 0.1) is 0 Å². The first-order valence-corrected chi connectivity index (χ1v) is 15.2. The van der Waals surface area contributed by atoms with E-state index < -0.39 is 22.0 Å². The van der Waals surface area contributed by atoms with E-state index in [4.69, 9.17) is 22.1 Å². The molecule has 0 aliphatic rings. The van der Waals surface area contributed by atoms with Crippen molar-refractivity contribution in [2.45, 2.75) is 13.0 Å². The summed E-state index contributed by atoms with van der Waals surface area (Å²) in [5.41, 5.74) is 7.62. The molecule has 1 atom stereocenters. The van der Waals surface area contributed by atoms with Crippen LogP contribution < -0.4 is 26.1 Å². The second kappa shape index (κ2) is 11.7. The molecule has 0 spiro atoms. The van der Waals surface area contributed by atoms with Gasteiger partial charge >= 0.3 is 0 Å². The number of pyridine rings is 1. The molecule has 13 heteroatoms. The molecule has 4 N–H and O–H groups in total. The van der Waals surface area contributed by atoms with Gasteiger partial charge in [0, 0.05) is 16.9 Å². The molecule has 220 valence electrons. The summed E-state index contributed by atoms with van der Waals surface area (Å²) in [4.78, 5) is 35.8. The van der Waals surface area contributed by atoms with Gasteiger partial charge in [-0.25, -0.2) is 18.4 Å². The van der Waals surface area contributed by atoms with Crippen LogP contribution in [-0.4, -0.2) is 42.2 Å². The predicted octanol–water partition coefficient (Wildman–Crippen LogP) is 4.55. The molecule has 11 nitrogen and oxygen atoms in total. The summed E-state index contributed by atoms with van der Waals surface area (Å²) in [6.07, 6.45) is 2.40.